The number of rotatable bonds is 3. The summed E-state index contributed by atoms with van der Waals surface area (Å²) in [4.78, 5) is 6.51. The number of anilines is 1. The lowest BCUT2D eigenvalue weighted by Crippen LogP contribution is -2.37. The normalized spacial score (nSPS) is 22.2. The average molecular weight is 245 g/mol. The molecule has 2 rings (SSSR count). The van der Waals surface area contributed by atoms with E-state index in [9.17, 15) is 10.4 Å². The van der Waals surface area contributed by atoms with Gasteiger partial charge in [0.25, 0.3) is 0 Å². The van der Waals surface area contributed by atoms with E-state index in [0.29, 0.717) is 11.5 Å². The second-order valence-corrected chi connectivity index (χ2v) is 5.26. The molecular formula is C14H19N3O. The molecule has 4 nitrogen and oxygen atoms in total. The van der Waals surface area contributed by atoms with E-state index in [4.69, 9.17) is 0 Å². The third-order valence-corrected chi connectivity index (χ3v) is 3.54. The Morgan fingerprint density at radius 1 is 1.50 bits per heavy atom. The van der Waals surface area contributed by atoms with Gasteiger partial charge in [-0.05, 0) is 44.2 Å². The molecule has 1 aliphatic carbocycles. The van der Waals surface area contributed by atoms with Crippen molar-refractivity contribution >= 4 is 5.82 Å². The third kappa shape index (κ3) is 2.46. The molecule has 1 aromatic heterocycles. The Morgan fingerprint density at radius 2 is 2.17 bits per heavy atom. The molecule has 0 aromatic carbocycles. The average Bonchev–Trinajstić information content (AvgIpc) is 2.26. The topological polar surface area (TPSA) is 60.2 Å². The fourth-order valence-corrected chi connectivity index (χ4v) is 2.55. The van der Waals surface area contributed by atoms with Crippen LogP contribution >= 0.6 is 0 Å². The maximum Gasteiger partial charge on any atom is 0.146 e. The largest absolute Gasteiger partial charge is 0.393 e. The predicted octanol–water partition coefficient (Wildman–Crippen LogP) is 1.78. The van der Waals surface area contributed by atoms with Gasteiger partial charge in [0.1, 0.15) is 11.9 Å². The lowest BCUT2D eigenvalue weighted by atomic mass is 9.82. The summed E-state index contributed by atoms with van der Waals surface area (Å²) >= 11 is 0. The first-order chi connectivity index (χ1) is 8.51. The number of aliphatic hydroxyl groups excluding tert-OH is 1. The highest BCUT2D eigenvalue weighted by molar-refractivity contribution is 5.57. The molecule has 0 atom stereocenters. The van der Waals surface area contributed by atoms with Gasteiger partial charge in [-0.1, -0.05) is 0 Å². The van der Waals surface area contributed by atoms with Crippen LogP contribution in [-0.2, 0) is 0 Å². The van der Waals surface area contributed by atoms with E-state index in [1.54, 1.807) is 0 Å². The highest BCUT2D eigenvalue weighted by atomic mass is 16.3. The number of aryl methyl sites for hydroxylation is 2. The predicted molar refractivity (Wildman–Crippen MR) is 70.4 cm³/mol. The zero-order chi connectivity index (χ0) is 13.3. The number of hydrogen-bond donors (Lipinski definition) is 1. The summed E-state index contributed by atoms with van der Waals surface area (Å²) in [5.41, 5.74) is 2.56. The summed E-state index contributed by atoms with van der Waals surface area (Å²) in [6, 6.07) is 4.17. The van der Waals surface area contributed by atoms with Crippen LogP contribution in [0, 0.1) is 31.1 Å². The van der Waals surface area contributed by atoms with Crippen LogP contribution in [0.15, 0.2) is 6.07 Å². The van der Waals surface area contributed by atoms with Gasteiger partial charge >= 0.3 is 0 Å². The van der Waals surface area contributed by atoms with Gasteiger partial charge in [0, 0.05) is 19.3 Å². The summed E-state index contributed by atoms with van der Waals surface area (Å²) in [6.45, 7) is 4.73. The Bertz CT molecular complexity index is 487. The number of aromatic nitrogens is 1. The van der Waals surface area contributed by atoms with Gasteiger partial charge in [0.05, 0.1) is 11.7 Å². The summed E-state index contributed by atoms with van der Waals surface area (Å²) in [5, 5.41) is 18.5. The van der Waals surface area contributed by atoms with Crippen molar-refractivity contribution < 1.29 is 5.11 Å². The van der Waals surface area contributed by atoms with Crippen LogP contribution < -0.4 is 4.90 Å². The first-order valence-electron chi connectivity index (χ1n) is 6.28. The van der Waals surface area contributed by atoms with Crippen molar-refractivity contribution in [1.29, 1.82) is 5.26 Å². The second-order valence-electron chi connectivity index (χ2n) is 5.26. The lowest BCUT2D eigenvalue weighted by Gasteiger charge is -2.35. The molecule has 1 aliphatic rings. The minimum Gasteiger partial charge on any atom is -0.393 e. The number of hydrogen-bond acceptors (Lipinski definition) is 4. The van der Waals surface area contributed by atoms with E-state index >= 15 is 0 Å². The molecule has 1 N–H and O–H groups in total. The van der Waals surface area contributed by atoms with Gasteiger partial charge in [-0.3, -0.25) is 0 Å². The molecule has 0 bridgehead atoms. The van der Waals surface area contributed by atoms with Crippen molar-refractivity contribution in [3.05, 3.63) is 22.9 Å². The van der Waals surface area contributed by atoms with E-state index in [-0.39, 0.29) is 6.10 Å². The molecule has 4 heteroatoms. The van der Waals surface area contributed by atoms with Crippen molar-refractivity contribution in [2.24, 2.45) is 5.92 Å². The summed E-state index contributed by atoms with van der Waals surface area (Å²) < 4.78 is 0. The monoisotopic (exact) mass is 245 g/mol. The number of aliphatic hydroxyl groups is 1. The van der Waals surface area contributed by atoms with E-state index in [0.717, 1.165) is 36.5 Å². The van der Waals surface area contributed by atoms with Gasteiger partial charge in [-0.25, -0.2) is 4.98 Å². The maximum atomic E-state index is 9.30. The molecule has 1 aromatic rings. The molecule has 0 radical (unpaired) electrons. The highest BCUT2D eigenvalue weighted by Crippen LogP contribution is 2.30. The lowest BCUT2D eigenvalue weighted by molar-refractivity contribution is 0.0464. The first-order valence-corrected chi connectivity index (χ1v) is 6.28. The Morgan fingerprint density at radius 3 is 2.72 bits per heavy atom. The molecule has 1 saturated carbocycles. The number of nitrogens with zero attached hydrogens (tertiary/aromatic N) is 3. The van der Waals surface area contributed by atoms with Crippen LogP contribution in [0.1, 0.15) is 29.7 Å². The zero-order valence-corrected chi connectivity index (χ0v) is 11.1. The Balaban J connectivity index is 2.19. The van der Waals surface area contributed by atoms with E-state index in [2.05, 4.69) is 11.1 Å². The molecular weight excluding hydrogens is 226 g/mol. The fraction of sp³-hybridized carbons (Fsp3) is 0.571. The molecule has 96 valence electrons. The molecule has 1 heterocycles. The summed E-state index contributed by atoms with van der Waals surface area (Å²) in [7, 11) is 1.97. The molecule has 0 spiro atoms. The van der Waals surface area contributed by atoms with Crippen LogP contribution in [0.4, 0.5) is 5.82 Å². The van der Waals surface area contributed by atoms with Crippen molar-refractivity contribution in [3.63, 3.8) is 0 Å². The van der Waals surface area contributed by atoms with Crippen molar-refractivity contribution in [2.45, 2.75) is 32.8 Å². The maximum absolute atomic E-state index is 9.30. The van der Waals surface area contributed by atoms with Gasteiger partial charge in [0.2, 0.25) is 0 Å². The molecule has 18 heavy (non-hydrogen) atoms. The summed E-state index contributed by atoms with van der Waals surface area (Å²) in [5.74, 6) is 1.27. The second kappa shape index (κ2) is 4.95. The van der Waals surface area contributed by atoms with Gasteiger partial charge in [-0.2, -0.15) is 5.26 Å². The molecule has 0 saturated heterocycles. The van der Waals surface area contributed by atoms with Crippen LogP contribution in [0.2, 0.25) is 0 Å². The highest BCUT2D eigenvalue weighted by Gasteiger charge is 2.28. The molecule has 0 aliphatic heterocycles. The standard InChI is InChI=1S/C14H19N3O/c1-9-4-10(2)16-14(13(9)7-15)17(3)8-11-5-12(18)6-11/h4,11-12,18H,5-6,8H2,1-3H3. The van der Waals surface area contributed by atoms with Crippen LogP contribution in [0.3, 0.4) is 0 Å². The quantitative estimate of drug-likeness (QED) is 0.881. The van der Waals surface area contributed by atoms with Crippen molar-refractivity contribution in [2.75, 3.05) is 18.5 Å². The Kier molecular flexibility index (Phi) is 3.53. The van der Waals surface area contributed by atoms with Crippen molar-refractivity contribution in [3.8, 4) is 6.07 Å². The number of pyridine rings is 1. The summed E-state index contributed by atoms with van der Waals surface area (Å²) in [6.07, 6.45) is 1.58. The van der Waals surface area contributed by atoms with Crippen LogP contribution in [-0.4, -0.2) is 29.8 Å². The van der Waals surface area contributed by atoms with Crippen LogP contribution in [0.5, 0.6) is 0 Å². The fourth-order valence-electron chi connectivity index (χ4n) is 2.55. The van der Waals surface area contributed by atoms with Gasteiger partial charge < -0.3 is 10.0 Å². The molecule has 0 amide bonds. The minimum atomic E-state index is -0.133. The SMILES string of the molecule is Cc1cc(C)c(C#N)c(N(C)CC2CC(O)C2)n1. The zero-order valence-electron chi connectivity index (χ0n) is 11.1. The first kappa shape index (κ1) is 12.8. The Hall–Kier alpha value is -1.60. The number of nitriles is 1. The Labute approximate surface area is 108 Å². The van der Waals surface area contributed by atoms with E-state index in [1.165, 1.54) is 0 Å². The van der Waals surface area contributed by atoms with E-state index < -0.39 is 0 Å². The van der Waals surface area contributed by atoms with Crippen LogP contribution in [0.25, 0.3) is 0 Å². The molecule has 1 fully saturated rings. The minimum absolute atomic E-state index is 0.133. The van der Waals surface area contributed by atoms with Gasteiger partial charge in [-0.15, -0.1) is 0 Å². The smallest absolute Gasteiger partial charge is 0.146 e. The van der Waals surface area contributed by atoms with E-state index in [1.807, 2.05) is 31.9 Å². The third-order valence-electron chi connectivity index (χ3n) is 3.54. The molecule has 0 unspecified atom stereocenters. The van der Waals surface area contributed by atoms with Crippen molar-refractivity contribution in [1.82, 2.24) is 4.98 Å². The van der Waals surface area contributed by atoms with Gasteiger partial charge in [0.15, 0.2) is 0 Å².